The standard InChI is InChI=1S/C16H24N2O2S/c1-14(19)16(20)18-9-7-17(8-10-18)11-12-21-13-15-5-3-2-4-6-15/h2-6,14,19H,7-13H2,1H3/t14-/m0/s1. The van der Waals surface area contributed by atoms with E-state index in [-0.39, 0.29) is 5.91 Å². The first-order chi connectivity index (χ1) is 10.2. The second-order valence-electron chi connectivity index (χ2n) is 5.38. The van der Waals surface area contributed by atoms with Gasteiger partial charge in [-0.25, -0.2) is 0 Å². The molecule has 1 fully saturated rings. The Kier molecular flexibility index (Phi) is 6.54. The van der Waals surface area contributed by atoms with Crippen molar-refractivity contribution < 1.29 is 9.90 Å². The Morgan fingerprint density at radius 2 is 1.90 bits per heavy atom. The van der Waals surface area contributed by atoms with Crippen molar-refractivity contribution in [1.82, 2.24) is 9.80 Å². The molecule has 1 aliphatic heterocycles. The summed E-state index contributed by atoms with van der Waals surface area (Å²) in [5.41, 5.74) is 1.37. The van der Waals surface area contributed by atoms with Gasteiger partial charge in [-0.05, 0) is 12.5 Å². The van der Waals surface area contributed by atoms with Gasteiger partial charge in [0.25, 0.3) is 5.91 Å². The summed E-state index contributed by atoms with van der Waals surface area (Å²) in [7, 11) is 0. The zero-order chi connectivity index (χ0) is 15.1. The van der Waals surface area contributed by atoms with Crippen molar-refractivity contribution in [3.05, 3.63) is 35.9 Å². The summed E-state index contributed by atoms with van der Waals surface area (Å²) >= 11 is 1.95. The fraction of sp³-hybridized carbons (Fsp3) is 0.562. The highest BCUT2D eigenvalue weighted by atomic mass is 32.2. The Labute approximate surface area is 131 Å². The van der Waals surface area contributed by atoms with Gasteiger partial charge in [0.15, 0.2) is 0 Å². The van der Waals surface area contributed by atoms with Gasteiger partial charge in [0.05, 0.1) is 0 Å². The Morgan fingerprint density at radius 3 is 2.52 bits per heavy atom. The highest BCUT2D eigenvalue weighted by Gasteiger charge is 2.23. The van der Waals surface area contributed by atoms with E-state index < -0.39 is 6.10 Å². The van der Waals surface area contributed by atoms with Crippen LogP contribution in [0.3, 0.4) is 0 Å². The molecule has 1 aromatic rings. The van der Waals surface area contributed by atoms with Crippen LogP contribution in [0.15, 0.2) is 30.3 Å². The third-order valence-electron chi connectivity index (χ3n) is 3.70. The summed E-state index contributed by atoms with van der Waals surface area (Å²) < 4.78 is 0. The van der Waals surface area contributed by atoms with Crippen LogP contribution in [0.2, 0.25) is 0 Å². The lowest BCUT2D eigenvalue weighted by atomic mass is 10.2. The molecule has 1 amide bonds. The van der Waals surface area contributed by atoms with Crippen LogP contribution >= 0.6 is 11.8 Å². The van der Waals surface area contributed by atoms with Crippen LogP contribution in [0.25, 0.3) is 0 Å². The van der Waals surface area contributed by atoms with E-state index in [1.54, 1.807) is 4.90 Å². The minimum Gasteiger partial charge on any atom is -0.384 e. The lowest BCUT2D eigenvalue weighted by Crippen LogP contribution is -2.51. The van der Waals surface area contributed by atoms with E-state index in [1.165, 1.54) is 12.5 Å². The summed E-state index contributed by atoms with van der Waals surface area (Å²) in [5, 5.41) is 9.31. The summed E-state index contributed by atoms with van der Waals surface area (Å²) in [6.07, 6.45) is -0.877. The maximum Gasteiger partial charge on any atom is 0.251 e. The monoisotopic (exact) mass is 308 g/mol. The Bertz CT molecular complexity index is 431. The zero-order valence-corrected chi connectivity index (χ0v) is 13.4. The van der Waals surface area contributed by atoms with E-state index >= 15 is 0 Å². The van der Waals surface area contributed by atoms with Crippen molar-refractivity contribution in [1.29, 1.82) is 0 Å². The average molecular weight is 308 g/mol. The molecule has 116 valence electrons. The van der Waals surface area contributed by atoms with Crippen LogP contribution < -0.4 is 0 Å². The highest BCUT2D eigenvalue weighted by molar-refractivity contribution is 7.98. The topological polar surface area (TPSA) is 43.8 Å². The third-order valence-corrected chi connectivity index (χ3v) is 4.71. The fourth-order valence-corrected chi connectivity index (χ4v) is 3.37. The average Bonchev–Trinajstić information content (AvgIpc) is 2.52. The second-order valence-corrected chi connectivity index (χ2v) is 6.49. The molecule has 0 bridgehead atoms. The van der Waals surface area contributed by atoms with Crippen molar-refractivity contribution in [2.75, 3.05) is 38.5 Å². The quantitative estimate of drug-likeness (QED) is 0.808. The minimum atomic E-state index is -0.877. The number of thioether (sulfide) groups is 1. The van der Waals surface area contributed by atoms with Gasteiger partial charge in [0, 0.05) is 44.2 Å². The number of carbonyl (C=O) groups is 1. The number of hydrogen-bond donors (Lipinski definition) is 1. The summed E-state index contributed by atoms with van der Waals surface area (Å²) in [4.78, 5) is 15.8. The number of piperazine rings is 1. The van der Waals surface area contributed by atoms with E-state index in [0.717, 1.165) is 44.2 Å². The van der Waals surface area contributed by atoms with Crippen molar-refractivity contribution in [2.45, 2.75) is 18.8 Å². The second kappa shape index (κ2) is 8.41. The van der Waals surface area contributed by atoms with Crippen LogP contribution in [0, 0.1) is 0 Å². The number of rotatable bonds is 6. The van der Waals surface area contributed by atoms with Crippen molar-refractivity contribution in [3.63, 3.8) is 0 Å². The van der Waals surface area contributed by atoms with E-state index in [9.17, 15) is 9.90 Å². The maximum absolute atomic E-state index is 11.7. The van der Waals surface area contributed by atoms with Crippen LogP contribution in [-0.4, -0.2) is 65.4 Å². The number of nitrogens with zero attached hydrogens (tertiary/aromatic N) is 2. The molecular weight excluding hydrogens is 284 g/mol. The molecule has 1 heterocycles. The molecule has 2 rings (SSSR count). The Balaban J connectivity index is 1.60. The predicted molar refractivity (Wildman–Crippen MR) is 87.3 cm³/mol. The first kappa shape index (κ1) is 16.3. The number of aliphatic hydroxyl groups is 1. The first-order valence-electron chi connectivity index (χ1n) is 7.47. The summed E-state index contributed by atoms with van der Waals surface area (Å²) in [5.74, 6) is 2.02. The zero-order valence-electron chi connectivity index (χ0n) is 12.6. The molecule has 0 saturated carbocycles. The molecule has 0 spiro atoms. The van der Waals surface area contributed by atoms with E-state index in [1.807, 2.05) is 17.8 Å². The number of carbonyl (C=O) groups excluding carboxylic acids is 1. The maximum atomic E-state index is 11.7. The van der Waals surface area contributed by atoms with Crippen LogP contribution in [-0.2, 0) is 10.5 Å². The molecule has 21 heavy (non-hydrogen) atoms. The minimum absolute atomic E-state index is 0.145. The largest absolute Gasteiger partial charge is 0.384 e. The molecule has 1 aromatic carbocycles. The number of amides is 1. The molecule has 0 radical (unpaired) electrons. The van der Waals surface area contributed by atoms with Gasteiger partial charge in [-0.15, -0.1) is 0 Å². The Hall–Kier alpha value is -1.04. The van der Waals surface area contributed by atoms with E-state index in [2.05, 4.69) is 29.2 Å². The molecule has 0 aromatic heterocycles. The SMILES string of the molecule is C[C@H](O)C(=O)N1CCN(CCSCc2ccccc2)CC1. The number of benzene rings is 1. The van der Waals surface area contributed by atoms with Gasteiger partial charge in [0.1, 0.15) is 6.10 Å². The molecule has 1 aliphatic rings. The van der Waals surface area contributed by atoms with E-state index in [4.69, 9.17) is 0 Å². The van der Waals surface area contributed by atoms with Crippen LogP contribution in [0.5, 0.6) is 0 Å². The normalized spacial score (nSPS) is 17.7. The Morgan fingerprint density at radius 1 is 1.24 bits per heavy atom. The van der Waals surface area contributed by atoms with Crippen LogP contribution in [0.4, 0.5) is 0 Å². The molecule has 5 heteroatoms. The first-order valence-corrected chi connectivity index (χ1v) is 8.63. The van der Waals surface area contributed by atoms with Crippen molar-refractivity contribution in [2.24, 2.45) is 0 Å². The lowest BCUT2D eigenvalue weighted by Gasteiger charge is -2.35. The molecule has 0 unspecified atom stereocenters. The lowest BCUT2D eigenvalue weighted by molar-refractivity contribution is -0.141. The molecule has 1 saturated heterocycles. The van der Waals surface area contributed by atoms with Gasteiger partial charge >= 0.3 is 0 Å². The third kappa shape index (κ3) is 5.34. The van der Waals surface area contributed by atoms with Crippen molar-refractivity contribution in [3.8, 4) is 0 Å². The molecule has 0 aliphatic carbocycles. The summed E-state index contributed by atoms with van der Waals surface area (Å²) in [6.45, 7) is 5.87. The molecular formula is C16H24N2O2S. The summed E-state index contributed by atoms with van der Waals surface area (Å²) in [6, 6.07) is 10.5. The van der Waals surface area contributed by atoms with Gasteiger partial charge in [-0.1, -0.05) is 30.3 Å². The molecule has 4 nitrogen and oxygen atoms in total. The van der Waals surface area contributed by atoms with Crippen LogP contribution in [0.1, 0.15) is 12.5 Å². The smallest absolute Gasteiger partial charge is 0.251 e. The number of hydrogen-bond acceptors (Lipinski definition) is 4. The number of aliphatic hydroxyl groups excluding tert-OH is 1. The van der Waals surface area contributed by atoms with Gasteiger partial charge in [0.2, 0.25) is 0 Å². The van der Waals surface area contributed by atoms with Gasteiger partial charge in [-0.2, -0.15) is 11.8 Å². The van der Waals surface area contributed by atoms with Gasteiger partial charge in [-0.3, -0.25) is 9.69 Å². The fourth-order valence-electron chi connectivity index (χ4n) is 2.41. The molecule has 1 N–H and O–H groups in total. The van der Waals surface area contributed by atoms with E-state index in [0.29, 0.717) is 0 Å². The predicted octanol–water partition coefficient (Wildman–Crippen LogP) is 1.44. The molecule has 1 atom stereocenters. The van der Waals surface area contributed by atoms with Gasteiger partial charge < -0.3 is 10.0 Å². The highest BCUT2D eigenvalue weighted by Crippen LogP contribution is 2.12. The van der Waals surface area contributed by atoms with Crippen molar-refractivity contribution >= 4 is 17.7 Å².